The van der Waals surface area contributed by atoms with Crippen LogP contribution >= 0.6 is 0 Å². The molecule has 2 N–H and O–H groups in total. The number of rotatable bonds is 4. The first kappa shape index (κ1) is 9.36. The molecule has 0 fully saturated rings. The predicted octanol–water partition coefficient (Wildman–Crippen LogP) is 1.11. The normalized spacial score (nSPS) is 18.3. The third-order valence-corrected chi connectivity index (χ3v) is 2.14. The maximum atomic E-state index is 4.30. The summed E-state index contributed by atoms with van der Waals surface area (Å²) in [5.41, 5.74) is 0. The lowest BCUT2D eigenvalue weighted by Crippen LogP contribution is -2.40. The van der Waals surface area contributed by atoms with Crippen molar-refractivity contribution in [2.75, 3.05) is 13.1 Å². The van der Waals surface area contributed by atoms with Crippen LogP contribution in [0.2, 0.25) is 0 Å². The van der Waals surface area contributed by atoms with E-state index in [-0.39, 0.29) is 0 Å². The molecule has 1 aliphatic heterocycles. The molecule has 0 aromatic rings. The van der Waals surface area contributed by atoms with Gasteiger partial charge >= 0.3 is 0 Å². The molecule has 0 aromatic carbocycles. The van der Waals surface area contributed by atoms with Crippen molar-refractivity contribution in [2.45, 2.75) is 39.2 Å². The van der Waals surface area contributed by atoms with Crippen molar-refractivity contribution in [3.63, 3.8) is 0 Å². The minimum atomic E-state index is 0.597. The van der Waals surface area contributed by atoms with E-state index in [1.165, 1.54) is 19.3 Å². The van der Waals surface area contributed by atoms with E-state index in [1.807, 2.05) is 0 Å². The molecule has 1 aliphatic rings. The van der Waals surface area contributed by atoms with Crippen LogP contribution < -0.4 is 10.6 Å². The van der Waals surface area contributed by atoms with E-state index < -0.39 is 0 Å². The Kier molecular flexibility index (Phi) is 3.91. The van der Waals surface area contributed by atoms with E-state index in [0.717, 1.165) is 19.0 Å². The van der Waals surface area contributed by atoms with E-state index in [2.05, 4.69) is 29.5 Å². The molecule has 0 amide bonds. The van der Waals surface area contributed by atoms with Crippen molar-refractivity contribution in [1.82, 2.24) is 10.6 Å². The Morgan fingerprint density at radius 1 is 1.58 bits per heavy atom. The number of aliphatic imine (C=N–C) groups is 1. The highest BCUT2D eigenvalue weighted by molar-refractivity contribution is 5.81. The Bertz CT molecular complexity index is 154. The van der Waals surface area contributed by atoms with Gasteiger partial charge < -0.3 is 10.6 Å². The Labute approximate surface area is 74.6 Å². The smallest absolute Gasteiger partial charge is 0.191 e. The molecule has 0 aromatic heterocycles. The first-order chi connectivity index (χ1) is 5.86. The summed E-state index contributed by atoms with van der Waals surface area (Å²) in [5.74, 6) is 0.996. The topological polar surface area (TPSA) is 36.4 Å². The van der Waals surface area contributed by atoms with Crippen LogP contribution in [-0.2, 0) is 0 Å². The van der Waals surface area contributed by atoms with Gasteiger partial charge in [0.25, 0.3) is 0 Å². The Morgan fingerprint density at radius 2 is 2.42 bits per heavy atom. The summed E-state index contributed by atoms with van der Waals surface area (Å²) < 4.78 is 0. The molecule has 70 valence electrons. The Balaban J connectivity index is 2.25. The zero-order chi connectivity index (χ0) is 8.81. The molecule has 1 rings (SSSR count). The van der Waals surface area contributed by atoms with Crippen LogP contribution in [0.15, 0.2) is 4.99 Å². The fraction of sp³-hybridized carbons (Fsp3) is 0.889. The SMILES string of the molecule is CCCC(CC)NC1=NCCN1. The standard InChI is InChI=1S/C9H19N3/c1-3-5-8(4-2)12-9-10-6-7-11-9/h8H,3-7H2,1-2H3,(H2,10,11,12). The second-order valence-electron chi connectivity index (χ2n) is 3.20. The zero-order valence-electron chi connectivity index (χ0n) is 8.06. The summed E-state index contributed by atoms with van der Waals surface area (Å²) in [6.45, 7) is 6.34. The molecule has 3 heteroatoms. The second-order valence-corrected chi connectivity index (χ2v) is 3.20. The number of hydrogen-bond donors (Lipinski definition) is 2. The van der Waals surface area contributed by atoms with Crippen LogP contribution in [0.1, 0.15) is 33.1 Å². The molecule has 12 heavy (non-hydrogen) atoms. The monoisotopic (exact) mass is 169 g/mol. The predicted molar refractivity (Wildman–Crippen MR) is 52.4 cm³/mol. The molecule has 0 saturated carbocycles. The van der Waals surface area contributed by atoms with E-state index in [1.54, 1.807) is 0 Å². The Hall–Kier alpha value is -0.730. The van der Waals surface area contributed by atoms with E-state index in [0.29, 0.717) is 6.04 Å². The number of nitrogens with zero attached hydrogens (tertiary/aromatic N) is 1. The van der Waals surface area contributed by atoms with E-state index in [4.69, 9.17) is 0 Å². The maximum Gasteiger partial charge on any atom is 0.191 e. The van der Waals surface area contributed by atoms with Crippen molar-refractivity contribution in [3.05, 3.63) is 0 Å². The summed E-state index contributed by atoms with van der Waals surface area (Å²) >= 11 is 0. The fourth-order valence-electron chi connectivity index (χ4n) is 1.41. The van der Waals surface area contributed by atoms with Gasteiger partial charge in [0.2, 0.25) is 0 Å². The molecule has 1 unspecified atom stereocenters. The van der Waals surface area contributed by atoms with Crippen LogP contribution in [-0.4, -0.2) is 25.1 Å². The summed E-state index contributed by atoms with van der Waals surface area (Å²) in [7, 11) is 0. The van der Waals surface area contributed by atoms with Gasteiger partial charge in [-0.3, -0.25) is 4.99 Å². The summed E-state index contributed by atoms with van der Waals surface area (Å²) in [6.07, 6.45) is 3.64. The molecule has 3 nitrogen and oxygen atoms in total. The van der Waals surface area contributed by atoms with Gasteiger partial charge in [-0.15, -0.1) is 0 Å². The average molecular weight is 169 g/mol. The molecule has 0 saturated heterocycles. The van der Waals surface area contributed by atoms with Crippen LogP contribution in [0.3, 0.4) is 0 Å². The molecule has 0 radical (unpaired) electrons. The van der Waals surface area contributed by atoms with Gasteiger partial charge in [-0.2, -0.15) is 0 Å². The lowest BCUT2D eigenvalue weighted by molar-refractivity contribution is 0.532. The van der Waals surface area contributed by atoms with Crippen LogP contribution in [0.4, 0.5) is 0 Å². The third kappa shape index (κ3) is 2.72. The van der Waals surface area contributed by atoms with Gasteiger partial charge in [-0.25, -0.2) is 0 Å². The van der Waals surface area contributed by atoms with Gasteiger partial charge in [0.15, 0.2) is 5.96 Å². The van der Waals surface area contributed by atoms with Crippen molar-refractivity contribution >= 4 is 5.96 Å². The second kappa shape index (κ2) is 5.01. The van der Waals surface area contributed by atoms with Crippen LogP contribution in [0, 0.1) is 0 Å². The molecule has 0 spiro atoms. The molecule has 0 aliphatic carbocycles. The third-order valence-electron chi connectivity index (χ3n) is 2.14. The van der Waals surface area contributed by atoms with Gasteiger partial charge in [0.1, 0.15) is 0 Å². The van der Waals surface area contributed by atoms with Gasteiger partial charge in [0, 0.05) is 12.6 Å². The maximum absolute atomic E-state index is 4.30. The Morgan fingerprint density at radius 3 is 2.92 bits per heavy atom. The summed E-state index contributed by atoms with van der Waals surface area (Å²) in [5, 5.41) is 6.62. The average Bonchev–Trinajstić information content (AvgIpc) is 2.56. The highest BCUT2D eigenvalue weighted by atomic mass is 15.2. The molecular formula is C9H19N3. The van der Waals surface area contributed by atoms with E-state index >= 15 is 0 Å². The molecular weight excluding hydrogens is 150 g/mol. The molecule has 1 heterocycles. The largest absolute Gasteiger partial charge is 0.355 e. The van der Waals surface area contributed by atoms with Crippen molar-refractivity contribution in [2.24, 2.45) is 4.99 Å². The number of guanidine groups is 1. The fourth-order valence-corrected chi connectivity index (χ4v) is 1.41. The van der Waals surface area contributed by atoms with Crippen molar-refractivity contribution in [3.8, 4) is 0 Å². The number of nitrogens with one attached hydrogen (secondary N) is 2. The minimum absolute atomic E-state index is 0.597. The highest BCUT2D eigenvalue weighted by Gasteiger charge is 2.09. The lowest BCUT2D eigenvalue weighted by Gasteiger charge is -2.16. The summed E-state index contributed by atoms with van der Waals surface area (Å²) in [6, 6.07) is 0.597. The van der Waals surface area contributed by atoms with Crippen molar-refractivity contribution in [1.29, 1.82) is 0 Å². The molecule has 0 bridgehead atoms. The first-order valence-corrected chi connectivity index (χ1v) is 4.91. The highest BCUT2D eigenvalue weighted by Crippen LogP contribution is 2.00. The van der Waals surface area contributed by atoms with Gasteiger partial charge in [-0.05, 0) is 12.8 Å². The van der Waals surface area contributed by atoms with Crippen LogP contribution in [0.5, 0.6) is 0 Å². The van der Waals surface area contributed by atoms with Crippen LogP contribution in [0.25, 0.3) is 0 Å². The van der Waals surface area contributed by atoms with Crippen molar-refractivity contribution < 1.29 is 0 Å². The zero-order valence-corrected chi connectivity index (χ0v) is 8.06. The number of hydrogen-bond acceptors (Lipinski definition) is 3. The lowest BCUT2D eigenvalue weighted by atomic mass is 10.1. The minimum Gasteiger partial charge on any atom is -0.355 e. The van der Waals surface area contributed by atoms with Gasteiger partial charge in [-0.1, -0.05) is 20.3 Å². The molecule has 1 atom stereocenters. The van der Waals surface area contributed by atoms with E-state index in [9.17, 15) is 0 Å². The first-order valence-electron chi connectivity index (χ1n) is 4.91. The van der Waals surface area contributed by atoms with Gasteiger partial charge in [0.05, 0.1) is 6.54 Å². The quantitative estimate of drug-likeness (QED) is 0.661. The summed E-state index contributed by atoms with van der Waals surface area (Å²) in [4.78, 5) is 4.30.